The Balaban J connectivity index is 1.75. The van der Waals surface area contributed by atoms with Crippen LogP contribution in [0.15, 0.2) is 60.8 Å². The second-order valence-corrected chi connectivity index (χ2v) is 5.18. The number of rotatable bonds is 4. The number of H-pyrrole nitrogens is 1. The third-order valence-corrected chi connectivity index (χ3v) is 3.41. The quantitative estimate of drug-likeness (QED) is 0.587. The molecule has 0 radical (unpaired) electrons. The van der Waals surface area contributed by atoms with Crippen LogP contribution < -0.4 is 4.74 Å². The number of ether oxygens (including phenoxy) is 1. The molecule has 1 heterocycles. The van der Waals surface area contributed by atoms with Crippen molar-refractivity contribution < 1.29 is 9.53 Å². The Morgan fingerprint density at radius 3 is 2.55 bits per heavy atom. The number of halogens is 1. The van der Waals surface area contributed by atoms with Crippen molar-refractivity contribution in [2.24, 2.45) is 0 Å². The lowest BCUT2D eigenvalue weighted by Gasteiger charge is -2.05. The van der Waals surface area contributed by atoms with E-state index < -0.39 is 0 Å². The van der Waals surface area contributed by atoms with E-state index >= 15 is 0 Å². The van der Waals surface area contributed by atoms with Gasteiger partial charge in [-0.15, -0.1) is 0 Å². The molecule has 2 aromatic carbocycles. The van der Waals surface area contributed by atoms with Crippen molar-refractivity contribution in [1.29, 1.82) is 0 Å². The molecular formula is C17H13ClN2O2. The number of aromatic nitrogens is 2. The molecule has 3 aromatic rings. The Kier molecular flexibility index (Phi) is 4.21. The van der Waals surface area contributed by atoms with Crippen molar-refractivity contribution in [2.75, 3.05) is 0 Å². The zero-order valence-corrected chi connectivity index (χ0v) is 12.4. The summed E-state index contributed by atoms with van der Waals surface area (Å²) in [6.07, 6.45) is 1.78. The number of carbonyl (C=O) groups is 1. The summed E-state index contributed by atoms with van der Waals surface area (Å²) in [5.41, 5.74) is 2.49. The van der Waals surface area contributed by atoms with Gasteiger partial charge in [0.05, 0.1) is 18.3 Å². The average molecular weight is 313 g/mol. The maximum Gasteiger partial charge on any atom is 0.315 e. The highest BCUT2D eigenvalue weighted by molar-refractivity contribution is 6.30. The number of esters is 1. The highest BCUT2D eigenvalue weighted by Gasteiger charge is 2.13. The van der Waals surface area contributed by atoms with E-state index in [0.29, 0.717) is 10.8 Å². The Bertz CT molecular complexity index is 767. The Hall–Kier alpha value is -2.59. The molecule has 1 N–H and O–H groups in total. The molecule has 0 aliphatic carbocycles. The Labute approximate surface area is 132 Å². The summed E-state index contributed by atoms with van der Waals surface area (Å²) < 4.78 is 5.30. The number of carbonyl (C=O) groups excluding carboxylic acids is 1. The van der Waals surface area contributed by atoms with Gasteiger partial charge in [-0.1, -0.05) is 41.9 Å². The number of benzene rings is 2. The van der Waals surface area contributed by atoms with Crippen LogP contribution >= 0.6 is 11.6 Å². The van der Waals surface area contributed by atoms with Crippen LogP contribution in [0.5, 0.6) is 5.75 Å². The summed E-state index contributed by atoms with van der Waals surface area (Å²) in [5, 5.41) is 7.59. The van der Waals surface area contributed by atoms with Crippen LogP contribution in [-0.2, 0) is 11.2 Å². The van der Waals surface area contributed by atoms with Crippen LogP contribution in [0.2, 0.25) is 5.02 Å². The number of nitrogens with zero attached hydrogens (tertiary/aromatic N) is 1. The number of aromatic amines is 1. The molecule has 0 aliphatic heterocycles. The van der Waals surface area contributed by atoms with Crippen LogP contribution in [0.3, 0.4) is 0 Å². The van der Waals surface area contributed by atoms with Gasteiger partial charge >= 0.3 is 5.97 Å². The molecule has 0 amide bonds. The molecule has 22 heavy (non-hydrogen) atoms. The fraction of sp³-hybridized carbons (Fsp3) is 0.0588. The standard InChI is InChI=1S/C17H13ClN2O2/c18-14-8-6-12(7-9-14)17-13(11-19-20-17)10-16(21)22-15-4-2-1-3-5-15/h1-9,11H,10H2,(H,19,20). The first-order valence-electron chi connectivity index (χ1n) is 6.76. The Morgan fingerprint density at radius 2 is 1.82 bits per heavy atom. The number of para-hydroxylation sites is 1. The van der Waals surface area contributed by atoms with Gasteiger partial charge in [0.1, 0.15) is 5.75 Å². The fourth-order valence-electron chi connectivity index (χ4n) is 2.12. The molecule has 3 rings (SSSR count). The van der Waals surface area contributed by atoms with E-state index in [9.17, 15) is 4.79 Å². The molecule has 110 valence electrons. The van der Waals surface area contributed by atoms with Gasteiger partial charge in [-0.3, -0.25) is 9.89 Å². The van der Waals surface area contributed by atoms with Crippen LogP contribution in [0, 0.1) is 0 Å². The normalized spacial score (nSPS) is 10.4. The topological polar surface area (TPSA) is 55.0 Å². The van der Waals surface area contributed by atoms with Gasteiger partial charge in [-0.2, -0.15) is 5.10 Å². The van der Waals surface area contributed by atoms with Crippen molar-refractivity contribution in [2.45, 2.75) is 6.42 Å². The molecule has 0 fully saturated rings. The maximum atomic E-state index is 12.0. The van der Waals surface area contributed by atoms with Crippen molar-refractivity contribution in [3.05, 3.63) is 71.4 Å². The molecular weight excluding hydrogens is 300 g/mol. The van der Waals surface area contributed by atoms with Gasteiger partial charge in [0.15, 0.2) is 0 Å². The predicted molar refractivity (Wildman–Crippen MR) is 84.8 cm³/mol. The van der Waals surface area contributed by atoms with Gasteiger partial charge in [0.2, 0.25) is 0 Å². The number of hydrogen-bond donors (Lipinski definition) is 1. The SMILES string of the molecule is O=C(Cc1cn[nH]c1-c1ccc(Cl)cc1)Oc1ccccc1. The molecule has 5 heteroatoms. The molecule has 0 bridgehead atoms. The van der Waals surface area contributed by atoms with Crippen molar-refractivity contribution in [1.82, 2.24) is 10.2 Å². The van der Waals surface area contributed by atoms with Crippen LogP contribution in [0.1, 0.15) is 5.56 Å². The molecule has 4 nitrogen and oxygen atoms in total. The lowest BCUT2D eigenvalue weighted by Crippen LogP contribution is -2.11. The van der Waals surface area contributed by atoms with E-state index in [1.807, 2.05) is 30.3 Å². The zero-order valence-electron chi connectivity index (χ0n) is 11.6. The van der Waals surface area contributed by atoms with Crippen molar-refractivity contribution >= 4 is 17.6 Å². The van der Waals surface area contributed by atoms with Gasteiger partial charge < -0.3 is 4.74 Å². The smallest absolute Gasteiger partial charge is 0.315 e. The summed E-state index contributed by atoms with van der Waals surface area (Å²) in [7, 11) is 0. The van der Waals surface area contributed by atoms with E-state index in [1.54, 1.807) is 30.5 Å². The van der Waals surface area contributed by atoms with Crippen molar-refractivity contribution in [3.63, 3.8) is 0 Å². The number of nitrogens with one attached hydrogen (secondary N) is 1. The van der Waals surface area contributed by atoms with E-state index in [0.717, 1.165) is 16.8 Å². The van der Waals surface area contributed by atoms with Crippen LogP contribution in [0.25, 0.3) is 11.3 Å². The first kappa shape index (κ1) is 14.4. The highest BCUT2D eigenvalue weighted by atomic mass is 35.5. The minimum Gasteiger partial charge on any atom is -0.426 e. The lowest BCUT2D eigenvalue weighted by atomic mass is 10.1. The molecule has 0 saturated carbocycles. The van der Waals surface area contributed by atoms with Gasteiger partial charge in [0.25, 0.3) is 0 Å². The second kappa shape index (κ2) is 6.45. The molecule has 0 spiro atoms. The molecule has 0 atom stereocenters. The highest BCUT2D eigenvalue weighted by Crippen LogP contribution is 2.23. The van der Waals surface area contributed by atoms with E-state index in [-0.39, 0.29) is 12.4 Å². The van der Waals surface area contributed by atoms with E-state index in [1.165, 1.54) is 0 Å². The van der Waals surface area contributed by atoms with Gasteiger partial charge in [-0.25, -0.2) is 0 Å². The van der Waals surface area contributed by atoms with Crippen molar-refractivity contribution in [3.8, 4) is 17.0 Å². The third kappa shape index (κ3) is 3.35. The second-order valence-electron chi connectivity index (χ2n) is 4.74. The van der Waals surface area contributed by atoms with Gasteiger partial charge in [-0.05, 0) is 29.8 Å². The minimum atomic E-state index is -0.331. The fourth-order valence-corrected chi connectivity index (χ4v) is 2.25. The Morgan fingerprint density at radius 1 is 1.09 bits per heavy atom. The first-order chi connectivity index (χ1) is 10.7. The first-order valence-corrected chi connectivity index (χ1v) is 7.14. The largest absolute Gasteiger partial charge is 0.426 e. The number of hydrogen-bond acceptors (Lipinski definition) is 3. The summed E-state index contributed by atoms with van der Waals surface area (Å²) in [4.78, 5) is 12.0. The summed E-state index contributed by atoms with van der Waals surface area (Å²) >= 11 is 5.89. The average Bonchev–Trinajstić information content (AvgIpc) is 2.97. The monoisotopic (exact) mass is 312 g/mol. The third-order valence-electron chi connectivity index (χ3n) is 3.16. The van der Waals surface area contributed by atoms with E-state index in [4.69, 9.17) is 16.3 Å². The molecule has 0 saturated heterocycles. The van der Waals surface area contributed by atoms with Gasteiger partial charge in [0, 0.05) is 10.6 Å². The van der Waals surface area contributed by atoms with Crippen LogP contribution in [-0.4, -0.2) is 16.2 Å². The van der Waals surface area contributed by atoms with E-state index in [2.05, 4.69) is 10.2 Å². The summed E-state index contributed by atoms with van der Waals surface area (Å²) in [5.74, 6) is 0.201. The molecule has 1 aromatic heterocycles. The summed E-state index contributed by atoms with van der Waals surface area (Å²) in [6.45, 7) is 0. The van der Waals surface area contributed by atoms with Crippen LogP contribution in [0.4, 0.5) is 0 Å². The zero-order chi connectivity index (χ0) is 15.4. The maximum absolute atomic E-state index is 12.0. The summed E-state index contributed by atoms with van der Waals surface area (Å²) in [6, 6.07) is 16.3. The minimum absolute atomic E-state index is 0.142. The molecule has 0 aliphatic rings. The lowest BCUT2D eigenvalue weighted by molar-refractivity contribution is -0.133. The predicted octanol–water partition coefficient (Wildman–Crippen LogP) is 3.88. The molecule has 0 unspecified atom stereocenters.